The van der Waals surface area contributed by atoms with Gasteiger partial charge in [0.1, 0.15) is 0 Å². The maximum Gasteiger partial charge on any atom is 0.417 e. The zero-order chi connectivity index (χ0) is 20.3. The van der Waals surface area contributed by atoms with Crippen molar-refractivity contribution in [1.29, 1.82) is 0 Å². The third-order valence-corrected chi connectivity index (χ3v) is 4.05. The minimum atomic E-state index is -4.64. The number of alkyl halides is 3. The quantitative estimate of drug-likeness (QED) is 0.680. The standard InChI is InChI=1S/C19H15F3N4O2/c1-26-17(28)10-15(12-6-8-23-9-7-12)25-18(26)24-11-16(27)13-4-2-3-5-14(13)19(20,21)22/h2-10H,11H2,1H3,(H,24,25). The number of anilines is 1. The topological polar surface area (TPSA) is 76.9 Å². The molecule has 28 heavy (non-hydrogen) atoms. The summed E-state index contributed by atoms with van der Waals surface area (Å²) in [5, 5.41) is 2.66. The number of nitrogens with one attached hydrogen (secondary N) is 1. The molecule has 2 aromatic heterocycles. The van der Waals surface area contributed by atoms with E-state index in [-0.39, 0.29) is 11.5 Å². The molecule has 0 aliphatic heterocycles. The van der Waals surface area contributed by atoms with E-state index in [1.54, 1.807) is 24.5 Å². The van der Waals surface area contributed by atoms with Crippen LogP contribution in [0.15, 0.2) is 59.7 Å². The lowest BCUT2D eigenvalue weighted by molar-refractivity contribution is -0.137. The molecule has 0 aliphatic rings. The number of rotatable bonds is 5. The lowest BCUT2D eigenvalue weighted by Gasteiger charge is -2.14. The Balaban J connectivity index is 1.87. The minimum Gasteiger partial charge on any atom is -0.348 e. The van der Waals surface area contributed by atoms with Crippen LogP contribution in [0.4, 0.5) is 19.1 Å². The van der Waals surface area contributed by atoms with E-state index < -0.39 is 29.6 Å². The van der Waals surface area contributed by atoms with Crippen LogP contribution in [0, 0.1) is 0 Å². The Morgan fingerprint density at radius 1 is 1.14 bits per heavy atom. The fourth-order valence-electron chi connectivity index (χ4n) is 2.60. The number of aromatic nitrogens is 3. The van der Waals surface area contributed by atoms with Gasteiger partial charge in [-0.05, 0) is 18.2 Å². The van der Waals surface area contributed by atoms with Gasteiger partial charge in [0.25, 0.3) is 5.56 Å². The van der Waals surface area contributed by atoms with Gasteiger partial charge in [-0.3, -0.25) is 19.1 Å². The van der Waals surface area contributed by atoms with Gasteiger partial charge < -0.3 is 5.32 Å². The Hall–Kier alpha value is -3.49. The van der Waals surface area contributed by atoms with Crippen LogP contribution in [-0.2, 0) is 13.2 Å². The second kappa shape index (κ2) is 7.63. The van der Waals surface area contributed by atoms with Crippen molar-refractivity contribution in [3.05, 3.63) is 76.3 Å². The van der Waals surface area contributed by atoms with Crippen molar-refractivity contribution in [1.82, 2.24) is 14.5 Å². The molecule has 144 valence electrons. The summed E-state index contributed by atoms with van der Waals surface area (Å²) in [6.07, 6.45) is -1.56. The Bertz CT molecular complexity index is 1060. The van der Waals surface area contributed by atoms with Crippen molar-refractivity contribution in [2.75, 3.05) is 11.9 Å². The first-order chi connectivity index (χ1) is 13.3. The number of hydrogen-bond acceptors (Lipinski definition) is 5. The number of nitrogens with zero attached hydrogens (tertiary/aromatic N) is 3. The van der Waals surface area contributed by atoms with Gasteiger partial charge in [-0.1, -0.05) is 18.2 Å². The van der Waals surface area contributed by atoms with Crippen LogP contribution in [0.3, 0.4) is 0 Å². The number of carbonyl (C=O) groups is 1. The molecule has 0 unspecified atom stereocenters. The molecule has 6 nitrogen and oxygen atoms in total. The van der Waals surface area contributed by atoms with Crippen LogP contribution < -0.4 is 10.9 Å². The molecular formula is C19H15F3N4O2. The molecule has 1 aromatic carbocycles. The van der Waals surface area contributed by atoms with Gasteiger partial charge in [-0.2, -0.15) is 13.2 Å². The van der Waals surface area contributed by atoms with Crippen LogP contribution in [0.1, 0.15) is 15.9 Å². The van der Waals surface area contributed by atoms with E-state index in [9.17, 15) is 22.8 Å². The molecule has 0 bridgehead atoms. The van der Waals surface area contributed by atoms with Gasteiger partial charge in [0.15, 0.2) is 5.78 Å². The van der Waals surface area contributed by atoms with Gasteiger partial charge in [0, 0.05) is 36.6 Å². The summed E-state index contributed by atoms with van der Waals surface area (Å²) >= 11 is 0. The molecule has 2 heterocycles. The van der Waals surface area contributed by atoms with Crippen LogP contribution >= 0.6 is 0 Å². The van der Waals surface area contributed by atoms with E-state index in [0.717, 1.165) is 12.1 Å². The van der Waals surface area contributed by atoms with Gasteiger partial charge in [0.05, 0.1) is 17.8 Å². The Morgan fingerprint density at radius 2 is 1.82 bits per heavy atom. The van der Waals surface area contributed by atoms with Crippen LogP contribution in [0.5, 0.6) is 0 Å². The maximum absolute atomic E-state index is 13.1. The second-order valence-electron chi connectivity index (χ2n) is 5.92. The minimum absolute atomic E-state index is 0.0668. The first kappa shape index (κ1) is 19.3. The number of Topliss-reactive ketones (excluding diaryl/α,β-unsaturated/α-hetero) is 1. The van der Waals surface area contributed by atoms with Crippen molar-refractivity contribution in [3.63, 3.8) is 0 Å². The van der Waals surface area contributed by atoms with E-state index in [0.29, 0.717) is 11.3 Å². The molecule has 9 heteroatoms. The van der Waals surface area contributed by atoms with Crippen molar-refractivity contribution in [2.45, 2.75) is 6.18 Å². The Labute approximate surface area is 157 Å². The second-order valence-corrected chi connectivity index (χ2v) is 5.92. The van der Waals surface area contributed by atoms with Gasteiger partial charge in [-0.15, -0.1) is 0 Å². The van der Waals surface area contributed by atoms with E-state index in [4.69, 9.17) is 0 Å². The third-order valence-electron chi connectivity index (χ3n) is 4.05. The largest absolute Gasteiger partial charge is 0.417 e. The first-order valence-electron chi connectivity index (χ1n) is 8.19. The van der Waals surface area contributed by atoms with Crippen molar-refractivity contribution >= 4 is 11.7 Å². The first-order valence-corrected chi connectivity index (χ1v) is 8.19. The van der Waals surface area contributed by atoms with E-state index in [2.05, 4.69) is 15.3 Å². The van der Waals surface area contributed by atoms with Crippen LogP contribution in [0.25, 0.3) is 11.3 Å². The smallest absolute Gasteiger partial charge is 0.348 e. The van der Waals surface area contributed by atoms with Crippen molar-refractivity contribution in [2.24, 2.45) is 7.05 Å². The number of pyridine rings is 1. The highest BCUT2D eigenvalue weighted by atomic mass is 19.4. The summed E-state index contributed by atoms with van der Waals surface area (Å²) in [5.41, 5.74) is -0.833. The average Bonchev–Trinajstić information content (AvgIpc) is 2.68. The summed E-state index contributed by atoms with van der Waals surface area (Å²) < 4.78 is 40.5. The van der Waals surface area contributed by atoms with E-state index in [1.807, 2.05) is 0 Å². The molecule has 0 fully saturated rings. The fourth-order valence-corrected chi connectivity index (χ4v) is 2.60. The van der Waals surface area contributed by atoms with Gasteiger partial charge in [0.2, 0.25) is 5.95 Å². The van der Waals surface area contributed by atoms with Crippen molar-refractivity contribution < 1.29 is 18.0 Å². The number of carbonyl (C=O) groups excluding carboxylic acids is 1. The molecule has 0 spiro atoms. The lowest BCUT2D eigenvalue weighted by atomic mass is 10.0. The molecule has 0 amide bonds. The Kier molecular flexibility index (Phi) is 5.25. The molecule has 1 N–H and O–H groups in total. The molecule has 0 radical (unpaired) electrons. The number of benzene rings is 1. The Morgan fingerprint density at radius 3 is 2.50 bits per heavy atom. The normalized spacial score (nSPS) is 11.3. The zero-order valence-corrected chi connectivity index (χ0v) is 14.7. The predicted molar refractivity (Wildman–Crippen MR) is 97.0 cm³/mol. The van der Waals surface area contributed by atoms with Gasteiger partial charge in [-0.25, -0.2) is 4.98 Å². The molecule has 0 atom stereocenters. The highest BCUT2D eigenvalue weighted by molar-refractivity contribution is 6.00. The summed E-state index contributed by atoms with van der Waals surface area (Å²) in [4.78, 5) is 32.7. The van der Waals surface area contributed by atoms with E-state index >= 15 is 0 Å². The zero-order valence-electron chi connectivity index (χ0n) is 14.7. The third kappa shape index (κ3) is 4.08. The highest BCUT2D eigenvalue weighted by Gasteiger charge is 2.34. The maximum atomic E-state index is 13.1. The summed E-state index contributed by atoms with van der Waals surface area (Å²) in [5.74, 6) is -0.700. The summed E-state index contributed by atoms with van der Waals surface area (Å²) in [7, 11) is 1.45. The SMILES string of the molecule is Cn1c(NCC(=O)c2ccccc2C(F)(F)F)nc(-c2ccncc2)cc1=O. The molecule has 3 aromatic rings. The molecule has 0 saturated heterocycles. The molecule has 0 saturated carbocycles. The average molecular weight is 388 g/mol. The highest BCUT2D eigenvalue weighted by Crippen LogP contribution is 2.32. The van der Waals surface area contributed by atoms with Crippen LogP contribution in [-0.4, -0.2) is 26.9 Å². The van der Waals surface area contributed by atoms with Gasteiger partial charge >= 0.3 is 6.18 Å². The molecule has 3 rings (SSSR count). The predicted octanol–water partition coefficient (Wildman–Crippen LogP) is 3.16. The van der Waals surface area contributed by atoms with Crippen molar-refractivity contribution in [3.8, 4) is 11.3 Å². The van der Waals surface area contributed by atoms with E-state index in [1.165, 1.54) is 29.8 Å². The monoisotopic (exact) mass is 388 g/mol. The number of ketones is 1. The molecular weight excluding hydrogens is 373 g/mol. The summed E-state index contributed by atoms with van der Waals surface area (Å²) in [6.45, 7) is -0.451. The molecule has 0 aliphatic carbocycles. The number of hydrogen-bond donors (Lipinski definition) is 1. The lowest BCUT2D eigenvalue weighted by Crippen LogP contribution is -2.25. The van der Waals surface area contributed by atoms with Crippen LogP contribution in [0.2, 0.25) is 0 Å². The summed E-state index contributed by atoms with van der Waals surface area (Å²) in [6, 6.07) is 9.20. The number of halogens is 3. The fraction of sp³-hybridized carbons (Fsp3) is 0.158.